The van der Waals surface area contributed by atoms with Crippen LogP contribution in [0.1, 0.15) is 16.6 Å². The number of anilines is 2. The van der Waals surface area contributed by atoms with Gasteiger partial charge in [-0.2, -0.15) is 0 Å². The summed E-state index contributed by atoms with van der Waals surface area (Å²) in [6.45, 7) is -0.191. The highest BCUT2D eigenvalue weighted by molar-refractivity contribution is 6.36. The van der Waals surface area contributed by atoms with E-state index in [1.165, 1.54) is 0 Å². The monoisotopic (exact) mass is 289 g/mol. The molecule has 0 aromatic heterocycles. The number of fused-ring (bicyclic) bond motifs is 1. The molecule has 0 spiro atoms. The number of amides is 1. The Morgan fingerprint density at radius 3 is 2.95 bits per heavy atom. The third-order valence-electron chi connectivity index (χ3n) is 2.83. The molecule has 3 N–H and O–H groups in total. The quantitative estimate of drug-likeness (QED) is 0.793. The second-order valence-corrected chi connectivity index (χ2v) is 4.58. The lowest BCUT2D eigenvalue weighted by Gasteiger charge is -2.11. The number of aliphatic imine (C=N–C) groups is 1. The largest absolute Gasteiger partial charge is 0.399 e. The summed E-state index contributed by atoms with van der Waals surface area (Å²) in [6.07, 6.45) is 0. The first kappa shape index (κ1) is 8.76. The van der Waals surface area contributed by atoms with E-state index in [0.29, 0.717) is 16.9 Å². The van der Waals surface area contributed by atoms with Gasteiger partial charge in [0.2, 0.25) is 5.91 Å². The summed E-state index contributed by atoms with van der Waals surface area (Å²) in [4.78, 5) is 16.0. The van der Waals surface area contributed by atoms with Crippen LogP contribution in [0.3, 0.4) is 0 Å². The molecule has 20 heavy (non-hydrogen) atoms. The van der Waals surface area contributed by atoms with Crippen molar-refractivity contribution in [3.63, 3.8) is 0 Å². The van der Waals surface area contributed by atoms with E-state index in [1.54, 1.807) is 18.2 Å². The van der Waals surface area contributed by atoms with E-state index in [9.17, 15) is 4.79 Å². The van der Waals surface area contributed by atoms with Crippen molar-refractivity contribution in [2.45, 2.75) is 0 Å². The van der Waals surface area contributed by atoms with Crippen molar-refractivity contribution in [1.82, 2.24) is 0 Å². The minimum absolute atomic E-state index is 0.0472. The van der Waals surface area contributed by atoms with E-state index < -0.39 is 12.1 Å². The van der Waals surface area contributed by atoms with Gasteiger partial charge in [0.15, 0.2) is 0 Å². The molecule has 0 atom stereocenters. The zero-order valence-electron chi connectivity index (χ0n) is 14.2. The van der Waals surface area contributed by atoms with Gasteiger partial charge in [-0.05, 0) is 24.2 Å². The van der Waals surface area contributed by atoms with Gasteiger partial charge in [-0.15, -0.1) is 0 Å². The number of benzene rings is 2. The van der Waals surface area contributed by atoms with Gasteiger partial charge in [0.25, 0.3) is 0 Å². The fourth-order valence-electron chi connectivity index (χ4n) is 1.97. The van der Waals surface area contributed by atoms with Crippen LogP contribution in [0.5, 0.6) is 0 Å². The van der Waals surface area contributed by atoms with Gasteiger partial charge < -0.3 is 11.1 Å². The van der Waals surface area contributed by atoms with Gasteiger partial charge in [0.05, 0.1) is 16.9 Å². The standard InChI is InChI=1S/C15H12ClN3O/c16-12-4-2-1-3-10(12)15-11-7-9(17)5-6-13(11)19-14(20)8-18-15/h1-7H,8,17H2,(H,19,20)/i1D,2D,3D,4D. The number of nitrogens with two attached hydrogens (primary N) is 1. The Labute approximate surface area is 126 Å². The normalized spacial score (nSPS) is 16.9. The Bertz CT molecular complexity index is 885. The number of hydrogen-bond donors (Lipinski definition) is 2. The molecule has 1 aliphatic heterocycles. The van der Waals surface area contributed by atoms with E-state index in [0.717, 1.165) is 0 Å². The molecule has 4 nitrogen and oxygen atoms in total. The van der Waals surface area contributed by atoms with Crippen LogP contribution in [-0.4, -0.2) is 18.2 Å². The lowest BCUT2D eigenvalue weighted by atomic mass is 10.00. The van der Waals surface area contributed by atoms with Crippen molar-refractivity contribution in [3.05, 3.63) is 58.5 Å². The average molecular weight is 290 g/mol. The van der Waals surface area contributed by atoms with Gasteiger partial charge in [-0.3, -0.25) is 9.79 Å². The number of carbonyl (C=O) groups is 1. The molecule has 0 bridgehead atoms. The molecule has 2 aromatic carbocycles. The van der Waals surface area contributed by atoms with Gasteiger partial charge >= 0.3 is 0 Å². The van der Waals surface area contributed by atoms with Gasteiger partial charge in [0.1, 0.15) is 6.54 Å². The molecule has 100 valence electrons. The average Bonchev–Trinajstić information content (AvgIpc) is 2.70. The highest BCUT2D eigenvalue weighted by atomic mass is 35.5. The fraction of sp³-hybridized carbons (Fsp3) is 0.0667. The number of nitrogens with one attached hydrogen (secondary N) is 1. The summed E-state index contributed by atoms with van der Waals surface area (Å²) in [6, 6.07) is 3.29. The maximum absolute atomic E-state index is 11.8. The van der Waals surface area contributed by atoms with Crippen LogP contribution in [0.2, 0.25) is 5.02 Å². The van der Waals surface area contributed by atoms with Crippen LogP contribution in [-0.2, 0) is 4.79 Å². The first-order valence-electron chi connectivity index (χ1n) is 7.81. The predicted molar refractivity (Wildman–Crippen MR) is 81.4 cm³/mol. The van der Waals surface area contributed by atoms with Crippen LogP contribution >= 0.6 is 11.6 Å². The molecule has 0 aliphatic carbocycles. The van der Waals surface area contributed by atoms with Crippen molar-refractivity contribution in [2.24, 2.45) is 4.99 Å². The summed E-state index contributed by atoms with van der Waals surface area (Å²) < 4.78 is 31.5. The highest BCUT2D eigenvalue weighted by Crippen LogP contribution is 2.27. The van der Waals surface area contributed by atoms with E-state index in [4.69, 9.17) is 22.8 Å². The molecule has 5 heteroatoms. The van der Waals surface area contributed by atoms with E-state index in [2.05, 4.69) is 10.3 Å². The third kappa shape index (κ3) is 2.26. The summed E-state index contributed by atoms with van der Waals surface area (Å²) in [5, 5.41) is 2.53. The number of hydrogen-bond acceptors (Lipinski definition) is 3. The molecule has 0 unspecified atom stereocenters. The molecule has 0 saturated carbocycles. The minimum Gasteiger partial charge on any atom is -0.399 e. The Morgan fingerprint density at radius 2 is 2.10 bits per heavy atom. The topological polar surface area (TPSA) is 67.5 Å². The smallest absolute Gasteiger partial charge is 0.246 e. The van der Waals surface area contributed by atoms with Crippen LogP contribution in [0.15, 0.2) is 47.4 Å². The summed E-state index contributed by atoms with van der Waals surface area (Å²) in [5.41, 5.74) is 7.39. The maximum Gasteiger partial charge on any atom is 0.246 e. The van der Waals surface area contributed by atoms with Gasteiger partial charge in [-0.1, -0.05) is 29.7 Å². The van der Waals surface area contributed by atoms with Crippen LogP contribution < -0.4 is 11.1 Å². The van der Waals surface area contributed by atoms with Crippen LogP contribution in [0.25, 0.3) is 0 Å². The zero-order valence-corrected chi connectivity index (χ0v) is 11.0. The molecular formula is C15H12ClN3O. The number of carbonyl (C=O) groups excluding carboxylic acids is 1. The van der Waals surface area contributed by atoms with Crippen molar-refractivity contribution in [3.8, 4) is 0 Å². The Balaban J connectivity index is 2.35. The van der Waals surface area contributed by atoms with E-state index in [1.807, 2.05) is 0 Å². The first-order valence-corrected chi connectivity index (χ1v) is 6.19. The molecule has 2 aromatic rings. The highest BCUT2D eigenvalue weighted by Gasteiger charge is 2.19. The Morgan fingerprint density at radius 1 is 1.30 bits per heavy atom. The molecule has 0 saturated heterocycles. The zero-order chi connectivity index (χ0) is 17.6. The molecule has 1 aliphatic rings. The second kappa shape index (κ2) is 4.98. The predicted octanol–water partition coefficient (Wildman–Crippen LogP) is 2.71. The molecule has 3 rings (SSSR count). The molecule has 0 radical (unpaired) electrons. The lowest BCUT2D eigenvalue weighted by Crippen LogP contribution is -2.13. The van der Waals surface area contributed by atoms with Gasteiger partial charge in [0, 0.05) is 21.8 Å². The van der Waals surface area contributed by atoms with E-state index >= 15 is 0 Å². The van der Waals surface area contributed by atoms with Crippen molar-refractivity contribution < 1.29 is 10.3 Å². The van der Waals surface area contributed by atoms with Crippen molar-refractivity contribution >= 4 is 34.6 Å². The molecule has 1 amide bonds. The molecular weight excluding hydrogens is 274 g/mol. The number of rotatable bonds is 1. The van der Waals surface area contributed by atoms with Crippen LogP contribution in [0, 0.1) is 0 Å². The number of nitrogen functional groups attached to an aromatic ring is 1. The van der Waals surface area contributed by atoms with E-state index in [-0.39, 0.29) is 40.8 Å². The van der Waals surface area contributed by atoms with Crippen LogP contribution in [0.4, 0.5) is 11.4 Å². The first-order chi connectivity index (χ1) is 11.3. The summed E-state index contributed by atoms with van der Waals surface area (Å²) in [7, 11) is 0. The second-order valence-electron chi connectivity index (χ2n) is 4.21. The Hall–Kier alpha value is -2.33. The van der Waals surface area contributed by atoms with Crippen molar-refractivity contribution in [2.75, 3.05) is 17.6 Å². The summed E-state index contributed by atoms with van der Waals surface area (Å²) in [5.74, 6) is -0.340. The van der Waals surface area contributed by atoms with Crippen molar-refractivity contribution in [1.29, 1.82) is 0 Å². The van der Waals surface area contributed by atoms with Gasteiger partial charge in [-0.25, -0.2) is 0 Å². The molecule has 0 fully saturated rings. The molecule has 1 heterocycles. The SMILES string of the molecule is [2H]c1c([2H])c([2H])c(C2=NCC(=O)Nc3ccc(N)cc32)c(Cl)c1[2H]. The number of halogens is 1. The minimum atomic E-state index is -0.426. The fourth-order valence-corrected chi connectivity index (χ4v) is 2.15. The maximum atomic E-state index is 11.8. The third-order valence-corrected chi connectivity index (χ3v) is 3.12. The lowest BCUT2D eigenvalue weighted by molar-refractivity contribution is -0.114. The Kier molecular flexibility index (Phi) is 2.18. The number of benzodiazepines with no additional fused rings is 1. The summed E-state index contributed by atoms with van der Waals surface area (Å²) >= 11 is 6.18. The number of nitrogens with zero attached hydrogens (tertiary/aromatic N) is 1.